The molecule has 0 radical (unpaired) electrons. The van der Waals surface area contributed by atoms with Gasteiger partial charge in [0, 0.05) is 24.9 Å². The highest BCUT2D eigenvalue weighted by atomic mass is 32.2. The smallest absolute Gasteiger partial charge is 0.266 e. The number of aryl methyl sites for hydroxylation is 1. The highest BCUT2D eigenvalue weighted by Gasteiger charge is 2.46. The highest BCUT2D eigenvalue weighted by molar-refractivity contribution is 7.92. The third-order valence-corrected chi connectivity index (χ3v) is 6.91. The van der Waals surface area contributed by atoms with Crippen LogP contribution >= 0.6 is 0 Å². The molecule has 2 unspecified atom stereocenters. The summed E-state index contributed by atoms with van der Waals surface area (Å²) in [6, 6.07) is 9.38. The van der Waals surface area contributed by atoms with Crippen molar-refractivity contribution >= 4 is 15.7 Å². The van der Waals surface area contributed by atoms with Gasteiger partial charge in [-0.25, -0.2) is 8.42 Å². The van der Waals surface area contributed by atoms with Gasteiger partial charge in [0.1, 0.15) is 4.90 Å². The maximum Gasteiger partial charge on any atom is 0.266 e. The van der Waals surface area contributed by atoms with E-state index in [0.717, 1.165) is 30.8 Å². The van der Waals surface area contributed by atoms with Gasteiger partial charge < -0.3 is 4.90 Å². The van der Waals surface area contributed by atoms with E-state index in [1.54, 1.807) is 22.6 Å². The molecule has 0 N–H and O–H groups in total. The van der Waals surface area contributed by atoms with E-state index in [1.165, 1.54) is 11.8 Å². The molecular weight excluding hydrogens is 322 g/mol. The van der Waals surface area contributed by atoms with Crippen molar-refractivity contribution in [3.63, 3.8) is 0 Å². The summed E-state index contributed by atoms with van der Waals surface area (Å²) in [5.41, 5.74) is 3.15. The van der Waals surface area contributed by atoms with E-state index in [4.69, 9.17) is 0 Å². The lowest BCUT2D eigenvalue weighted by Crippen LogP contribution is -2.47. The van der Waals surface area contributed by atoms with Crippen LogP contribution in [0.5, 0.6) is 0 Å². The molecule has 2 atom stereocenters. The van der Waals surface area contributed by atoms with E-state index < -0.39 is 10.0 Å². The molecule has 0 spiro atoms. The number of likely N-dealkylation sites (tertiary alicyclic amines) is 1. The standard InChI is InChI=1S/C18H21N3O2S/c1-13-5-6-17-15(10-13)16-12-20(2)9-7-18(16)21(17)24(22,23)14-4-3-8-19-11-14/h3-6,8,10-11,16,18H,7,9,12H2,1-2H3. The Hall–Kier alpha value is -1.92. The minimum atomic E-state index is -3.60. The van der Waals surface area contributed by atoms with Crippen LogP contribution in [0.1, 0.15) is 23.5 Å². The quantitative estimate of drug-likeness (QED) is 0.840. The van der Waals surface area contributed by atoms with Gasteiger partial charge in [0.2, 0.25) is 0 Å². The molecule has 0 aliphatic carbocycles. The molecule has 0 saturated carbocycles. The topological polar surface area (TPSA) is 53.5 Å². The monoisotopic (exact) mass is 343 g/mol. The average molecular weight is 343 g/mol. The van der Waals surface area contributed by atoms with Crippen molar-refractivity contribution in [2.45, 2.75) is 30.2 Å². The molecule has 2 aliphatic rings. The molecule has 1 aromatic carbocycles. The van der Waals surface area contributed by atoms with Gasteiger partial charge in [-0.15, -0.1) is 0 Å². The zero-order valence-electron chi connectivity index (χ0n) is 13.9. The lowest BCUT2D eigenvalue weighted by Gasteiger charge is -2.36. The first kappa shape index (κ1) is 15.6. The number of sulfonamides is 1. The number of benzene rings is 1. The van der Waals surface area contributed by atoms with Crippen molar-refractivity contribution in [3.8, 4) is 0 Å². The number of likely N-dealkylation sites (N-methyl/N-ethyl adjacent to an activating group) is 1. The van der Waals surface area contributed by atoms with Crippen LogP contribution in [0.25, 0.3) is 0 Å². The summed E-state index contributed by atoms with van der Waals surface area (Å²) in [5.74, 6) is 0.227. The third-order valence-electron chi connectivity index (χ3n) is 5.09. The molecule has 126 valence electrons. The molecule has 0 bridgehead atoms. The molecule has 1 fully saturated rings. The largest absolute Gasteiger partial charge is 0.306 e. The van der Waals surface area contributed by atoms with Crippen LogP contribution < -0.4 is 4.31 Å². The summed E-state index contributed by atoms with van der Waals surface area (Å²) in [6.45, 7) is 3.85. The second kappa shape index (κ2) is 5.57. The fourth-order valence-electron chi connectivity index (χ4n) is 3.96. The van der Waals surface area contributed by atoms with Gasteiger partial charge in [0.05, 0.1) is 11.7 Å². The molecule has 1 saturated heterocycles. The number of anilines is 1. The number of aromatic nitrogens is 1. The van der Waals surface area contributed by atoms with E-state index >= 15 is 0 Å². The summed E-state index contributed by atoms with van der Waals surface area (Å²) in [6.07, 6.45) is 3.87. The van der Waals surface area contributed by atoms with Gasteiger partial charge in [0.25, 0.3) is 10.0 Å². The molecule has 2 aliphatic heterocycles. The van der Waals surface area contributed by atoms with E-state index in [9.17, 15) is 8.42 Å². The Labute approximate surface area is 143 Å². The Morgan fingerprint density at radius 1 is 1.25 bits per heavy atom. The van der Waals surface area contributed by atoms with Crippen LogP contribution in [0.2, 0.25) is 0 Å². The Balaban J connectivity index is 1.87. The molecule has 1 aromatic heterocycles. The Morgan fingerprint density at radius 2 is 2.08 bits per heavy atom. The molecule has 24 heavy (non-hydrogen) atoms. The number of nitrogens with zero attached hydrogens (tertiary/aromatic N) is 3. The maximum absolute atomic E-state index is 13.3. The summed E-state index contributed by atoms with van der Waals surface area (Å²) < 4.78 is 28.2. The number of pyridine rings is 1. The third kappa shape index (κ3) is 2.32. The first-order valence-electron chi connectivity index (χ1n) is 8.22. The van der Waals surface area contributed by atoms with Crippen LogP contribution in [0, 0.1) is 6.92 Å². The van der Waals surface area contributed by atoms with Crippen LogP contribution in [0.3, 0.4) is 0 Å². The molecule has 3 heterocycles. The van der Waals surface area contributed by atoms with E-state index in [-0.39, 0.29) is 16.9 Å². The summed E-state index contributed by atoms with van der Waals surface area (Å²) in [5, 5.41) is 0. The van der Waals surface area contributed by atoms with E-state index in [2.05, 4.69) is 29.9 Å². The van der Waals surface area contributed by atoms with Crippen molar-refractivity contribution in [2.24, 2.45) is 0 Å². The van der Waals surface area contributed by atoms with Gasteiger partial charge in [-0.3, -0.25) is 9.29 Å². The Kier molecular flexibility index (Phi) is 3.62. The predicted molar refractivity (Wildman–Crippen MR) is 93.7 cm³/mol. The Bertz CT molecular complexity index is 867. The van der Waals surface area contributed by atoms with Gasteiger partial charge in [-0.05, 0) is 50.7 Å². The second-order valence-corrected chi connectivity index (χ2v) is 8.59. The first-order chi connectivity index (χ1) is 11.5. The van der Waals surface area contributed by atoms with Crippen LogP contribution in [-0.4, -0.2) is 44.5 Å². The average Bonchev–Trinajstić information content (AvgIpc) is 2.89. The van der Waals surface area contributed by atoms with E-state index in [1.807, 2.05) is 12.1 Å². The van der Waals surface area contributed by atoms with Crippen molar-refractivity contribution in [3.05, 3.63) is 53.9 Å². The molecule has 0 amide bonds. The summed E-state index contributed by atoms with van der Waals surface area (Å²) >= 11 is 0. The number of rotatable bonds is 2. The number of fused-ring (bicyclic) bond motifs is 3. The van der Waals surface area contributed by atoms with E-state index in [0.29, 0.717) is 0 Å². The molecule has 2 aromatic rings. The lowest BCUT2D eigenvalue weighted by molar-refractivity contribution is 0.237. The number of hydrogen-bond donors (Lipinski definition) is 0. The number of hydrogen-bond acceptors (Lipinski definition) is 4. The fraction of sp³-hybridized carbons (Fsp3) is 0.389. The molecule has 4 rings (SSSR count). The summed E-state index contributed by atoms with van der Waals surface area (Å²) in [4.78, 5) is 6.54. The predicted octanol–water partition coefficient (Wildman–Crippen LogP) is 2.39. The molecule has 6 heteroatoms. The zero-order valence-corrected chi connectivity index (χ0v) is 14.7. The van der Waals surface area contributed by atoms with Crippen LogP contribution in [0.15, 0.2) is 47.6 Å². The van der Waals surface area contributed by atoms with Gasteiger partial charge in [-0.1, -0.05) is 17.7 Å². The summed E-state index contributed by atoms with van der Waals surface area (Å²) in [7, 11) is -1.50. The highest BCUT2D eigenvalue weighted by Crippen LogP contribution is 2.47. The number of piperidine rings is 1. The van der Waals surface area contributed by atoms with Crippen molar-refractivity contribution in [1.29, 1.82) is 0 Å². The molecule has 5 nitrogen and oxygen atoms in total. The normalized spacial score (nSPS) is 23.8. The Morgan fingerprint density at radius 3 is 2.83 bits per heavy atom. The lowest BCUT2D eigenvalue weighted by atomic mass is 9.89. The SMILES string of the molecule is Cc1ccc2c(c1)C1CN(C)CCC1N2S(=O)(=O)c1cccnc1. The minimum Gasteiger partial charge on any atom is -0.306 e. The van der Waals surface area contributed by atoms with Gasteiger partial charge >= 0.3 is 0 Å². The van der Waals surface area contributed by atoms with Crippen molar-refractivity contribution in [1.82, 2.24) is 9.88 Å². The van der Waals surface area contributed by atoms with Crippen molar-refractivity contribution < 1.29 is 8.42 Å². The maximum atomic E-state index is 13.3. The van der Waals surface area contributed by atoms with Gasteiger partial charge in [0.15, 0.2) is 0 Å². The molecular formula is C18H21N3O2S. The van der Waals surface area contributed by atoms with Crippen LogP contribution in [-0.2, 0) is 10.0 Å². The van der Waals surface area contributed by atoms with Crippen molar-refractivity contribution in [2.75, 3.05) is 24.4 Å². The first-order valence-corrected chi connectivity index (χ1v) is 9.66. The van der Waals surface area contributed by atoms with Crippen LogP contribution in [0.4, 0.5) is 5.69 Å². The van der Waals surface area contributed by atoms with Gasteiger partial charge in [-0.2, -0.15) is 0 Å². The minimum absolute atomic E-state index is 0.0109. The fourth-order valence-corrected chi connectivity index (χ4v) is 5.67. The zero-order chi connectivity index (χ0) is 16.9. The second-order valence-electron chi connectivity index (χ2n) is 6.78.